The van der Waals surface area contributed by atoms with Gasteiger partial charge in [0, 0.05) is 62.9 Å². The van der Waals surface area contributed by atoms with E-state index in [1.54, 1.807) is 6.20 Å². The van der Waals surface area contributed by atoms with Gasteiger partial charge in [-0.15, -0.1) is 0 Å². The van der Waals surface area contributed by atoms with E-state index in [4.69, 9.17) is 9.47 Å². The zero-order valence-corrected chi connectivity index (χ0v) is 16.1. The molecule has 146 valence electrons. The Morgan fingerprint density at radius 1 is 1.18 bits per heavy atom. The smallest absolute Gasteiger partial charge is 0.213 e. The summed E-state index contributed by atoms with van der Waals surface area (Å²) in [6.45, 7) is 1.84. The van der Waals surface area contributed by atoms with Crippen LogP contribution in [0, 0.1) is 0 Å². The molecule has 28 heavy (non-hydrogen) atoms. The summed E-state index contributed by atoms with van der Waals surface area (Å²) >= 11 is 0. The van der Waals surface area contributed by atoms with E-state index in [2.05, 4.69) is 20.0 Å². The van der Waals surface area contributed by atoms with Crippen molar-refractivity contribution in [2.24, 2.45) is 0 Å². The minimum atomic E-state index is -0.0830. The molecule has 5 rings (SSSR count). The number of nitrogens with zero attached hydrogens (tertiary/aromatic N) is 5. The Morgan fingerprint density at radius 3 is 2.96 bits per heavy atom. The molecule has 1 saturated carbocycles. The maximum atomic E-state index is 6.18. The van der Waals surface area contributed by atoms with E-state index in [-0.39, 0.29) is 11.7 Å². The predicted octanol–water partition coefficient (Wildman–Crippen LogP) is 2.72. The fourth-order valence-electron chi connectivity index (χ4n) is 4.85. The molecule has 0 amide bonds. The minimum absolute atomic E-state index is 0.0830. The normalized spacial score (nSPS) is 27.8. The summed E-state index contributed by atoms with van der Waals surface area (Å²) in [6, 6.07) is 8.02. The number of methoxy groups -OCH3 is 1. The fraction of sp³-hybridized carbons (Fsp3) is 0.476. The Labute approximate surface area is 164 Å². The molecule has 3 aromatic rings. The first-order valence-electron chi connectivity index (χ1n) is 9.91. The second-order valence-electron chi connectivity index (χ2n) is 7.75. The minimum Gasteiger partial charge on any atom is -0.474 e. The number of likely N-dealkylation sites (tertiary alicyclic amines) is 1. The number of rotatable bonds is 5. The van der Waals surface area contributed by atoms with Crippen LogP contribution in [0.15, 0.2) is 49.1 Å². The van der Waals surface area contributed by atoms with Gasteiger partial charge in [0.2, 0.25) is 5.88 Å². The van der Waals surface area contributed by atoms with Crippen LogP contribution in [-0.4, -0.2) is 55.9 Å². The van der Waals surface area contributed by atoms with Crippen LogP contribution in [0.1, 0.15) is 31.2 Å². The van der Waals surface area contributed by atoms with Crippen molar-refractivity contribution < 1.29 is 9.47 Å². The molecule has 0 bridgehead atoms. The van der Waals surface area contributed by atoms with Gasteiger partial charge in [0.15, 0.2) is 5.65 Å². The summed E-state index contributed by atoms with van der Waals surface area (Å²) in [6.07, 6.45) is 11.6. The van der Waals surface area contributed by atoms with Crippen molar-refractivity contribution >= 4 is 5.65 Å². The van der Waals surface area contributed by atoms with E-state index in [1.165, 1.54) is 0 Å². The molecule has 2 aliphatic rings. The van der Waals surface area contributed by atoms with Crippen LogP contribution < -0.4 is 4.74 Å². The lowest BCUT2D eigenvalue weighted by Crippen LogP contribution is -2.52. The monoisotopic (exact) mass is 379 g/mol. The van der Waals surface area contributed by atoms with E-state index in [0.717, 1.165) is 50.0 Å². The van der Waals surface area contributed by atoms with Crippen LogP contribution in [0.25, 0.3) is 5.65 Å². The highest BCUT2D eigenvalue weighted by atomic mass is 16.5. The van der Waals surface area contributed by atoms with Gasteiger partial charge in [0.25, 0.3) is 0 Å². The first-order valence-corrected chi connectivity index (χ1v) is 9.91. The van der Waals surface area contributed by atoms with E-state index in [0.29, 0.717) is 11.9 Å². The molecule has 7 nitrogen and oxygen atoms in total. The van der Waals surface area contributed by atoms with Gasteiger partial charge >= 0.3 is 0 Å². The maximum absolute atomic E-state index is 6.18. The Kier molecular flexibility index (Phi) is 4.49. The highest BCUT2D eigenvalue weighted by Crippen LogP contribution is 2.43. The number of ether oxygens (including phenoxy) is 2. The third-order valence-corrected chi connectivity index (χ3v) is 6.30. The second kappa shape index (κ2) is 7.14. The number of hydrogen-bond acceptors (Lipinski definition) is 6. The van der Waals surface area contributed by atoms with Gasteiger partial charge in [-0.05, 0) is 31.4 Å². The molecule has 0 radical (unpaired) electrons. The molecule has 1 aliphatic heterocycles. The average Bonchev–Trinajstić information content (AvgIpc) is 3.32. The Bertz CT molecular complexity index is 946. The molecule has 0 N–H and O–H groups in total. The van der Waals surface area contributed by atoms with Gasteiger partial charge in [0.1, 0.15) is 6.10 Å². The Balaban J connectivity index is 1.36. The van der Waals surface area contributed by atoms with Crippen LogP contribution in [-0.2, 0) is 11.3 Å². The van der Waals surface area contributed by atoms with Crippen molar-refractivity contribution in [3.63, 3.8) is 0 Å². The zero-order chi connectivity index (χ0) is 19.0. The molecule has 3 aromatic heterocycles. The first kappa shape index (κ1) is 17.6. The van der Waals surface area contributed by atoms with Crippen LogP contribution in [0.2, 0.25) is 0 Å². The average molecular weight is 379 g/mol. The third-order valence-electron chi connectivity index (χ3n) is 6.30. The number of fused-ring (bicyclic) bond motifs is 2. The summed E-state index contributed by atoms with van der Waals surface area (Å²) in [7, 11) is 1.85. The van der Waals surface area contributed by atoms with Gasteiger partial charge in [0.05, 0.1) is 11.8 Å². The molecular formula is C21H25N5O2. The molecule has 3 atom stereocenters. The lowest BCUT2D eigenvalue weighted by Gasteiger charge is -2.43. The number of aromatic nitrogens is 4. The molecule has 4 heterocycles. The lowest BCUT2D eigenvalue weighted by molar-refractivity contribution is -0.0842. The van der Waals surface area contributed by atoms with E-state index in [1.807, 2.05) is 54.5 Å². The van der Waals surface area contributed by atoms with Crippen LogP contribution in [0.5, 0.6) is 5.88 Å². The number of hydrogen-bond donors (Lipinski definition) is 0. The van der Waals surface area contributed by atoms with Crippen molar-refractivity contribution in [2.45, 2.75) is 50.0 Å². The zero-order valence-electron chi connectivity index (χ0n) is 16.1. The van der Waals surface area contributed by atoms with Crippen molar-refractivity contribution in [1.29, 1.82) is 0 Å². The Morgan fingerprint density at radius 2 is 2.11 bits per heavy atom. The molecule has 2 fully saturated rings. The molecule has 0 aromatic carbocycles. The Hall–Kier alpha value is -2.51. The molecule has 7 heteroatoms. The SMILES string of the molecule is COC12CCC(Oc3ccccn3)CC1N(Cc1cnn3cccnc13)CC2. The van der Waals surface area contributed by atoms with Crippen molar-refractivity contribution in [1.82, 2.24) is 24.5 Å². The number of pyridine rings is 1. The second-order valence-corrected chi connectivity index (χ2v) is 7.75. The van der Waals surface area contributed by atoms with E-state index in [9.17, 15) is 0 Å². The highest BCUT2D eigenvalue weighted by Gasteiger charge is 2.51. The molecule has 0 spiro atoms. The van der Waals surface area contributed by atoms with Crippen molar-refractivity contribution in [2.75, 3.05) is 13.7 Å². The summed E-state index contributed by atoms with van der Waals surface area (Å²) in [5.74, 6) is 0.703. The van der Waals surface area contributed by atoms with Gasteiger partial charge in [-0.1, -0.05) is 6.07 Å². The molecule has 1 saturated heterocycles. The summed E-state index contributed by atoms with van der Waals surface area (Å²) < 4.78 is 14.1. The summed E-state index contributed by atoms with van der Waals surface area (Å²) in [4.78, 5) is 11.3. The van der Waals surface area contributed by atoms with Crippen LogP contribution >= 0.6 is 0 Å². The van der Waals surface area contributed by atoms with Crippen molar-refractivity contribution in [3.8, 4) is 5.88 Å². The van der Waals surface area contributed by atoms with Crippen molar-refractivity contribution in [3.05, 3.63) is 54.6 Å². The maximum Gasteiger partial charge on any atom is 0.213 e. The quantitative estimate of drug-likeness (QED) is 0.679. The largest absolute Gasteiger partial charge is 0.474 e. The standard InChI is InChI=1S/C21H25N5O2/c1-27-21-7-6-17(28-19-5-2-3-9-22-19)13-18(21)25(12-8-21)15-16-14-24-26-11-4-10-23-20(16)26/h2-5,9-11,14,17-18H,6-8,12-13,15H2,1H3. The van der Waals surface area contributed by atoms with Crippen LogP contribution in [0.4, 0.5) is 0 Å². The fourth-order valence-corrected chi connectivity index (χ4v) is 4.85. The topological polar surface area (TPSA) is 64.8 Å². The highest BCUT2D eigenvalue weighted by molar-refractivity contribution is 5.45. The van der Waals surface area contributed by atoms with E-state index < -0.39 is 0 Å². The van der Waals surface area contributed by atoms with Gasteiger partial charge in [-0.25, -0.2) is 14.5 Å². The van der Waals surface area contributed by atoms with Gasteiger partial charge in [-0.3, -0.25) is 4.90 Å². The first-order chi connectivity index (χ1) is 13.8. The molecular weight excluding hydrogens is 354 g/mol. The lowest BCUT2D eigenvalue weighted by atomic mass is 9.79. The predicted molar refractivity (Wildman–Crippen MR) is 104 cm³/mol. The summed E-state index contributed by atoms with van der Waals surface area (Å²) in [5.41, 5.74) is 2.00. The van der Waals surface area contributed by atoms with E-state index >= 15 is 0 Å². The third kappa shape index (κ3) is 3.04. The molecule has 1 aliphatic carbocycles. The van der Waals surface area contributed by atoms with Crippen LogP contribution in [0.3, 0.4) is 0 Å². The summed E-state index contributed by atoms with van der Waals surface area (Å²) in [5, 5.41) is 4.44. The molecule has 3 unspecified atom stereocenters. The van der Waals surface area contributed by atoms with Gasteiger partial charge in [-0.2, -0.15) is 5.10 Å². The van der Waals surface area contributed by atoms with Gasteiger partial charge < -0.3 is 9.47 Å².